The number of rotatable bonds is 6. The lowest BCUT2D eigenvalue weighted by atomic mass is 9.98. The minimum Gasteiger partial charge on any atom is -0.339 e. The Balaban J connectivity index is 1.33. The van der Waals surface area contributed by atoms with Gasteiger partial charge >= 0.3 is 0 Å². The fourth-order valence-corrected chi connectivity index (χ4v) is 3.67. The molecule has 0 unspecified atom stereocenters. The van der Waals surface area contributed by atoms with Gasteiger partial charge in [-0.3, -0.25) is 0 Å². The monoisotopic (exact) mass is 351 g/mol. The van der Waals surface area contributed by atoms with Crippen LogP contribution in [0.4, 0.5) is 0 Å². The van der Waals surface area contributed by atoms with Crippen LogP contribution in [-0.4, -0.2) is 44.2 Å². The number of nitrogens with zero attached hydrogens (tertiary/aromatic N) is 5. The minimum atomic E-state index is 0.337. The normalized spacial score (nSPS) is 18.3. The predicted molar refractivity (Wildman–Crippen MR) is 99.7 cm³/mol. The van der Waals surface area contributed by atoms with E-state index in [4.69, 9.17) is 4.52 Å². The molecule has 1 aliphatic heterocycles. The van der Waals surface area contributed by atoms with Gasteiger partial charge in [-0.15, -0.1) is 0 Å². The van der Waals surface area contributed by atoms with E-state index in [1.165, 1.54) is 6.42 Å². The molecule has 0 N–H and O–H groups in total. The Morgan fingerprint density at radius 3 is 2.88 bits per heavy atom. The number of piperidine rings is 1. The lowest BCUT2D eigenvalue weighted by Gasteiger charge is -2.30. The molecule has 3 aromatic rings. The number of likely N-dealkylation sites (tertiary alicyclic amines) is 1. The van der Waals surface area contributed by atoms with E-state index < -0.39 is 0 Å². The quantitative estimate of drug-likeness (QED) is 0.680. The van der Waals surface area contributed by atoms with Crippen LogP contribution in [-0.2, 0) is 6.54 Å². The predicted octanol–water partition coefficient (Wildman–Crippen LogP) is 3.51. The first-order valence-electron chi connectivity index (χ1n) is 9.39. The second kappa shape index (κ2) is 7.83. The van der Waals surface area contributed by atoms with Crippen molar-refractivity contribution in [2.75, 3.05) is 19.6 Å². The van der Waals surface area contributed by atoms with E-state index in [0.717, 1.165) is 56.3 Å². The van der Waals surface area contributed by atoms with Crippen molar-refractivity contribution in [1.29, 1.82) is 0 Å². The molecule has 0 bridgehead atoms. The van der Waals surface area contributed by atoms with E-state index in [9.17, 15) is 0 Å². The lowest BCUT2D eigenvalue weighted by molar-refractivity contribution is 0.183. The van der Waals surface area contributed by atoms with Gasteiger partial charge in [-0.1, -0.05) is 35.5 Å². The molecule has 26 heavy (non-hydrogen) atoms. The number of benzene rings is 1. The van der Waals surface area contributed by atoms with E-state index >= 15 is 0 Å². The Bertz CT molecular complexity index is 826. The number of hydrogen-bond acceptors (Lipinski definition) is 5. The standard InChI is InChI=1S/C20H25N5O/c1-16-21-10-14-25(16)13-6-12-24-11-5-9-18(15-24)20-22-19(23-26-20)17-7-3-2-4-8-17/h2-4,7-8,10,14,18H,5-6,9,11-13,15H2,1H3/t18-/m1/s1. The third-order valence-electron chi connectivity index (χ3n) is 5.13. The largest absolute Gasteiger partial charge is 0.339 e. The number of hydrogen-bond donors (Lipinski definition) is 0. The zero-order chi connectivity index (χ0) is 17.8. The van der Waals surface area contributed by atoms with Crippen molar-refractivity contribution >= 4 is 0 Å². The van der Waals surface area contributed by atoms with Crippen LogP contribution < -0.4 is 0 Å². The molecule has 0 radical (unpaired) electrons. The topological polar surface area (TPSA) is 60.0 Å². The van der Waals surface area contributed by atoms with Crippen LogP contribution >= 0.6 is 0 Å². The molecular weight excluding hydrogens is 326 g/mol. The molecule has 1 fully saturated rings. The smallest absolute Gasteiger partial charge is 0.231 e. The molecule has 136 valence electrons. The lowest BCUT2D eigenvalue weighted by Crippen LogP contribution is -2.35. The molecule has 0 spiro atoms. The molecule has 0 amide bonds. The van der Waals surface area contributed by atoms with Crippen molar-refractivity contribution < 1.29 is 4.52 Å². The summed E-state index contributed by atoms with van der Waals surface area (Å²) in [4.78, 5) is 11.5. The number of aryl methyl sites for hydroxylation is 2. The van der Waals surface area contributed by atoms with Gasteiger partial charge in [0.1, 0.15) is 5.82 Å². The summed E-state index contributed by atoms with van der Waals surface area (Å²) in [6, 6.07) is 10.0. The van der Waals surface area contributed by atoms with E-state index in [1.54, 1.807) is 0 Å². The van der Waals surface area contributed by atoms with Gasteiger partial charge in [0, 0.05) is 31.0 Å². The maximum absolute atomic E-state index is 5.59. The third-order valence-corrected chi connectivity index (χ3v) is 5.13. The highest BCUT2D eigenvalue weighted by Crippen LogP contribution is 2.27. The second-order valence-electron chi connectivity index (χ2n) is 6.98. The number of aromatic nitrogens is 4. The van der Waals surface area contributed by atoms with Gasteiger partial charge in [-0.25, -0.2) is 4.98 Å². The molecule has 4 rings (SSSR count). The highest BCUT2D eigenvalue weighted by molar-refractivity contribution is 5.53. The van der Waals surface area contributed by atoms with Crippen LogP contribution in [0.2, 0.25) is 0 Å². The zero-order valence-corrected chi connectivity index (χ0v) is 15.2. The molecule has 0 aliphatic carbocycles. The minimum absolute atomic E-state index is 0.337. The second-order valence-corrected chi connectivity index (χ2v) is 6.98. The summed E-state index contributed by atoms with van der Waals surface area (Å²) in [5.74, 6) is 2.89. The Morgan fingerprint density at radius 2 is 2.08 bits per heavy atom. The molecule has 2 aromatic heterocycles. The van der Waals surface area contributed by atoms with Crippen LogP contribution in [0.1, 0.15) is 36.9 Å². The average Bonchev–Trinajstić information content (AvgIpc) is 3.33. The highest BCUT2D eigenvalue weighted by atomic mass is 16.5. The fourth-order valence-electron chi connectivity index (χ4n) is 3.67. The molecule has 1 atom stereocenters. The van der Waals surface area contributed by atoms with Gasteiger partial charge in [0.2, 0.25) is 11.7 Å². The van der Waals surface area contributed by atoms with Crippen molar-refractivity contribution in [3.05, 3.63) is 54.4 Å². The van der Waals surface area contributed by atoms with Gasteiger partial charge in [-0.05, 0) is 39.3 Å². The van der Waals surface area contributed by atoms with Crippen LogP contribution in [0, 0.1) is 6.92 Å². The van der Waals surface area contributed by atoms with Crippen molar-refractivity contribution in [1.82, 2.24) is 24.6 Å². The van der Waals surface area contributed by atoms with Crippen molar-refractivity contribution in [2.45, 2.75) is 38.6 Å². The first kappa shape index (κ1) is 17.0. The first-order chi connectivity index (χ1) is 12.8. The Labute approximate surface area is 153 Å². The zero-order valence-electron chi connectivity index (χ0n) is 15.2. The van der Waals surface area contributed by atoms with Gasteiger partial charge in [-0.2, -0.15) is 4.98 Å². The van der Waals surface area contributed by atoms with Crippen molar-refractivity contribution in [3.8, 4) is 11.4 Å². The third kappa shape index (κ3) is 3.85. The molecule has 1 aliphatic rings. The summed E-state index contributed by atoms with van der Waals surface area (Å²) in [7, 11) is 0. The molecule has 6 heteroatoms. The van der Waals surface area contributed by atoms with Gasteiger partial charge in [0.05, 0.1) is 5.92 Å². The summed E-state index contributed by atoms with van der Waals surface area (Å²) in [6.07, 6.45) is 7.35. The molecule has 1 saturated heterocycles. The molecule has 0 saturated carbocycles. The van der Waals surface area contributed by atoms with Crippen LogP contribution in [0.25, 0.3) is 11.4 Å². The molecule has 3 heterocycles. The van der Waals surface area contributed by atoms with Crippen LogP contribution in [0.15, 0.2) is 47.2 Å². The molecular formula is C20H25N5O. The Kier molecular flexibility index (Phi) is 5.11. The summed E-state index contributed by atoms with van der Waals surface area (Å²) >= 11 is 0. The van der Waals surface area contributed by atoms with E-state index in [0.29, 0.717) is 11.7 Å². The van der Waals surface area contributed by atoms with E-state index in [-0.39, 0.29) is 0 Å². The summed E-state index contributed by atoms with van der Waals surface area (Å²) < 4.78 is 7.80. The fraction of sp³-hybridized carbons (Fsp3) is 0.450. The molecule has 1 aromatic carbocycles. The van der Waals surface area contributed by atoms with Crippen LogP contribution in [0.5, 0.6) is 0 Å². The highest BCUT2D eigenvalue weighted by Gasteiger charge is 2.26. The van der Waals surface area contributed by atoms with Gasteiger partial charge in [0.25, 0.3) is 0 Å². The van der Waals surface area contributed by atoms with Gasteiger partial charge < -0.3 is 14.0 Å². The maximum atomic E-state index is 5.59. The molecule has 6 nitrogen and oxygen atoms in total. The Hall–Kier alpha value is -2.47. The maximum Gasteiger partial charge on any atom is 0.231 e. The summed E-state index contributed by atoms with van der Waals surface area (Å²) in [5, 5.41) is 4.18. The SMILES string of the molecule is Cc1nccn1CCCN1CCC[C@@H](c2nc(-c3ccccc3)no2)C1. The first-order valence-corrected chi connectivity index (χ1v) is 9.39. The van der Waals surface area contributed by atoms with Gasteiger partial charge in [0.15, 0.2) is 0 Å². The van der Waals surface area contributed by atoms with Crippen molar-refractivity contribution in [3.63, 3.8) is 0 Å². The average molecular weight is 351 g/mol. The van der Waals surface area contributed by atoms with Crippen molar-refractivity contribution in [2.24, 2.45) is 0 Å². The number of imidazole rings is 1. The van der Waals surface area contributed by atoms with Crippen LogP contribution in [0.3, 0.4) is 0 Å². The Morgan fingerprint density at radius 1 is 1.19 bits per heavy atom. The van der Waals surface area contributed by atoms with E-state index in [1.807, 2.05) is 36.5 Å². The van der Waals surface area contributed by atoms with E-state index in [2.05, 4.69) is 37.7 Å². The summed E-state index contributed by atoms with van der Waals surface area (Å²) in [6.45, 7) is 6.31. The summed E-state index contributed by atoms with van der Waals surface area (Å²) in [5.41, 5.74) is 1.01.